The summed E-state index contributed by atoms with van der Waals surface area (Å²) in [7, 11) is 0. The third-order valence-electron chi connectivity index (χ3n) is 5.00. The van der Waals surface area contributed by atoms with Gasteiger partial charge in [-0.15, -0.1) is 0 Å². The van der Waals surface area contributed by atoms with Gasteiger partial charge in [0.15, 0.2) is 17.5 Å². The van der Waals surface area contributed by atoms with Gasteiger partial charge in [-0.05, 0) is 30.5 Å². The number of aromatic amines is 1. The van der Waals surface area contributed by atoms with Gasteiger partial charge in [0.2, 0.25) is 17.6 Å². The van der Waals surface area contributed by atoms with Crippen LogP contribution in [-0.4, -0.2) is 55.3 Å². The summed E-state index contributed by atoms with van der Waals surface area (Å²) in [4.78, 5) is 22.5. The second-order valence-electron chi connectivity index (χ2n) is 7.21. The maximum absolute atomic E-state index is 13.3. The molecule has 3 aromatic rings. The molecule has 0 radical (unpaired) electrons. The van der Waals surface area contributed by atoms with Gasteiger partial charge in [-0.1, -0.05) is 11.2 Å². The number of rotatable bonds is 7. The molecule has 0 spiro atoms. The zero-order valence-electron chi connectivity index (χ0n) is 16.1. The van der Waals surface area contributed by atoms with E-state index in [4.69, 9.17) is 4.52 Å². The van der Waals surface area contributed by atoms with Gasteiger partial charge in [-0.2, -0.15) is 10.1 Å². The van der Waals surface area contributed by atoms with Crippen LogP contribution in [0.5, 0.6) is 0 Å². The van der Waals surface area contributed by atoms with E-state index in [1.807, 2.05) is 0 Å². The predicted octanol–water partition coefficient (Wildman–Crippen LogP) is 1.85. The van der Waals surface area contributed by atoms with Crippen LogP contribution in [0.3, 0.4) is 0 Å². The van der Waals surface area contributed by atoms with Crippen LogP contribution in [0.4, 0.5) is 8.78 Å². The fourth-order valence-electron chi connectivity index (χ4n) is 3.42. The number of halogens is 2. The number of carbonyl (C=O) groups excluding carboxylic acids is 1. The van der Waals surface area contributed by atoms with Crippen LogP contribution in [0.25, 0.3) is 11.6 Å². The average molecular weight is 417 g/mol. The zero-order valence-corrected chi connectivity index (χ0v) is 16.1. The number of H-pyrrole nitrogens is 1. The number of carbonyl (C=O) groups is 1. The van der Waals surface area contributed by atoms with Crippen LogP contribution in [0.15, 0.2) is 29.0 Å². The van der Waals surface area contributed by atoms with E-state index in [0.717, 1.165) is 37.6 Å². The number of amides is 1. The number of nitrogens with one attached hydrogen (secondary N) is 2. The molecule has 0 saturated carbocycles. The molecule has 2 aromatic heterocycles. The molecule has 1 aliphatic rings. The van der Waals surface area contributed by atoms with Gasteiger partial charge in [0.1, 0.15) is 6.33 Å². The van der Waals surface area contributed by atoms with Crippen molar-refractivity contribution in [1.29, 1.82) is 0 Å². The lowest BCUT2D eigenvalue weighted by Gasteiger charge is -2.32. The third kappa shape index (κ3) is 5.03. The molecule has 0 bridgehead atoms. The molecule has 3 heterocycles. The molecule has 1 aromatic carbocycles. The molecule has 30 heavy (non-hydrogen) atoms. The Labute approximate surface area is 170 Å². The molecule has 0 unspecified atom stereocenters. The first-order valence-electron chi connectivity index (χ1n) is 9.71. The molecule has 158 valence electrons. The van der Waals surface area contributed by atoms with Gasteiger partial charge in [-0.3, -0.25) is 14.8 Å². The van der Waals surface area contributed by atoms with Crippen LogP contribution in [0.1, 0.15) is 30.7 Å². The maximum Gasteiger partial charge on any atom is 0.239 e. The van der Waals surface area contributed by atoms with E-state index in [1.165, 1.54) is 12.4 Å². The fraction of sp³-hybridized carbons (Fsp3) is 0.421. The van der Waals surface area contributed by atoms with Crippen molar-refractivity contribution < 1.29 is 18.1 Å². The first-order chi connectivity index (χ1) is 14.6. The third-order valence-corrected chi connectivity index (χ3v) is 5.00. The number of nitrogens with zero attached hydrogens (tertiary/aromatic N) is 5. The SMILES string of the molecule is O=C(CCc1nc(-c2ncn[nH]2)no1)NC1CCN(Cc2ccc(F)c(F)c2)CC1. The first-order valence-corrected chi connectivity index (χ1v) is 9.71. The molecule has 9 nitrogen and oxygen atoms in total. The normalized spacial score (nSPS) is 15.4. The van der Waals surface area contributed by atoms with E-state index in [1.54, 1.807) is 6.07 Å². The van der Waals surface area contributed by atoms with Crippen molar-refractivity contribution >= 4 is 5.91 Å². The van der Waals surface area contributed by atoms with Crippen molar-refractivity contribution in [2.45, 2.75) is 38.3 Å². The van der Waals surface area contributed by atoms with Crippen LogP contribution in [0, 0.1) is 11.6 Å². The van der Waals surface area contributed by atoms with Crippen molar-refractivity contribution in [2.24, 2.45) is 0 Å². The van der Waals surface area contributed by atoms with Crippen molar-refractivity contribution in [3.63, 3.8) is 0 Å². The van der Waals surface area contributed by atoms with E-state index in [-0.39, 0.29) is 18.4 Å². The van der Waals surface area contributed by atoms with Gasteiger partial charge < -0.3 is 9.84 Å². The van der Waals surface area contributed by atoms with Crippen molar-refractivity contribution in [3.8, 4) is 11.6 Å². The van der Waals surface area contributed by atoms with Crippen LogP contribution < -0.4 is 5.32 Å². The van der Waals surface area contributed by atoms with Gasteiger partial charge in [0.05, 0.1) is 0 Å². The highest BCUT2D eigenvalue weighted by atomic mass is 19.2. The molecular weight excluding hydrogens is 396 g/mol. The molecule has 11 heteroatoms. The Kier molecular flexibility index (Phi) is 6.07. The van der Waals surface area contributed by atoms with E-state index in [0.29, 0.717) is 30.5 Å². The molecule has 1 saturated heterocycles. The molecule has 1 aliphatic heterocycles. The minimum absolute atomic E-state index is 0.0755. The predicted molar refractivity (Wildman–Crippen MR) is 101 cm³/mol. The average Bonchev–Trinajstić information content (AvgIpc) is 3.42. The maximum atomic E-state index is 13.3. The lowest BCUT2D eigenvalue weighted by atomic mass is 10.0. The number of aryl methyl sites for hydroxylation is 1. The molecule has 1 fully saturated rings. The molecular formula is C19H21F2N7O2. The van der Waals surface area contributed by atoms with Gasteiger partial charge >= 0.3 is 0 Å². The Hall–Kier alpha value is -3.21. The van der Waals surface area contributed by atoms with E-state index < -0.39 is 11.6 Å². The largest absolute Gasteiger partial charge is 0.353 e. The number of hydrogen-bond donors (Lipinski definition) is 2. The van der Waals surface area contributed by atoms with Crippen LogP contribution in [-0.2, 0) is 17.8 Å². The standard InChI is InChI=1S/C19H21F2N7O2/c20-14-2-1-12(9-15(14)21)10-28-7-5-13(6-8-28)24-16(29)3-4-17-25-19(27-30-17)18-22-11-23-26-18/h1-2,9,11,13H,3-8,10H2,(H,24,29)(H,22,23,26). The highest BCUT2D eigenvalue weighted by Crippen LogP contribution is 2.16. The topological polar surface area (TPSA) is 113 Å². The van der Waals surface area contributed by atoms with Gasteiger partial charge in [0.25, 0.3) is 0 Å². The quantitative estimate of drug-likeness (QED) is 0.603. The summed E-state index contributed by atoms with van der Waals surface area (Å²) >= 11 is 0. The summed E-state index contributed by atoms with van der Waals surface area (Å²) in [5.41, 5.74) is 0.737. The van der Waals surface area contributed by atoms with Crippen LogP contribution >= 0.6 is 0 Å². The second-order valence-corrected chi connectivity index (χ2v) is 7.21. The van der Waals surface area contributed by atoms with Crippen molar-refractivity contribution in [2.75, 3.05) is 13.1 Å². The monoisotopic (exact) mass is 417 g/mol. The van der Waals surface area contributed by atoms with E-state index >= 15 is 0 Å². The van der Waals surface area contributed by atoms with Gasteiger partial charge in [0, 0.05) is 38.5 Å². The number of likely N-dealkylation sites (tertiary alicyclic amines) is 1. The Morgan fingerprint density at radius 2 is 2.10 bits per heavy atom. The number of hydrogen-bond acceptors (Lipinski definition) is 7. The van der Waals surface area contributed by atoms with Crippen molar-refractivity contribution in [3.05, 3.63) is 47.6 Å². The Bertz CT molecular complexity index is 985. The summed E-state index contributed by atoms with van der Waals surface area (Å²) in [5, 5.41) is 13.2. The zero-order chi connectivity index (χ0) is 20.9. The fourth-order valence-corrected chi connectivity index (χ4v) is 3.42. The number of benzene rings is 1. The highest BCUT2D eigenvalue weighted by Gasteiger charge is 2.21. The Morgan fingerprint density at radius 1 is 1.27 bits per heavy atom. The molecule has 2 N–H and O–H groups in total. The highest BCUT2D eigenvalue weighted by molar-refractivity contribution is 5.76. The minimum atomic E-state index is -0.838. The van der Waals surface area contributed by atoms with E-state index in [2.05, 4.69) is 35.5 Å². The minimum Gasteiger partial charge on any atom is -0.353 e. The summed E-state index contributed by atoms with van der Waals surface area (Å²) in [6.07, 6.45) is 3.52. The second kappa shape index (κ2) is 9.08. The van der Waals surface area contributed by atoms with Crippen LogP contribution in [0.2, 0.25) is 0 Å². The molecule has 0 atom stereocenters. The molecule has 4 rings (SSSR count). The van der Waals surface area contributed by atoms with E-state index in [9.17, 15) is 13.6 Å². The Balaban J connectivity index is 1.18. The summed E-state index contributed by atoms with van der Waals surface area (Å²) in [5.74, 6) is -0.675. The lowest BCUT2D eigenvalue weighted by molar-refractivity contribution is -0.122. The lowest BCUT2D eigenvalue weighted by Crippen LogP contribution is -2.44. The molecule has 0 aliphatic carbocycles. The number of piperidine rings is 1. The summed E-state index contributed by atoms with van der Waals surface area (Å²) in [6, 6.07) is 4.06. The van der Waals surface area contributed by atoms with Gasteiger partial charge in [-0.25, -0.2) is 13.8 Å². The summed E-state index contributed by atoms with van der Waals surface area (Å²) in [6.45, 7) is 2.10. The first kappa shape index (κ1) is 20.1. The number of aromatic nitrogens is 5. The molecule has 1 amide bonds. The Morgan fingerprint density at radius 3 is 2.83 bits per heavy atom. The van der Waals surface area contributed by atoms with Crippen molar-refractivity contribution in [1.82, 2.24) is 35.5 Å². The smallest absolute Gasteiger partial charge is 0.239 e. The summed E-state index contributed by atoms with van der Waals surface area (Å²) < 4.78 is 31.5.